The van der Waals surface area contributed by atoms with E-state index >= 15 is 0 Å². The Morgan fingerprint density at radius 2 is 1.86 bits per heavy atom. The molecule has 1 aromatic heterocycles. The number of thiophene rings is 1. The molecule has 3 heteroatoms. The number of fused-ring (bicyclic) bond motifs is 2. The summed E-state index contributed by atoms with van der Waals surface area (Å²) < 4.78 is 2.55. The summed E-state index contributed by atoms with van der Waals surface area (Å²) in [4.78, 5) is 0. The number of rotatable bonds is 0. The molecule has 2 aliphatic carbocycles. The first-order valence-electron chi connectivity index (χ1n) is 4.57. The zero-order chi connectivity index (χ0) is 9.87. The molecule has 0 atom stereocenters. The van der Waals surface area contributed by atoms with E-state index in [2.05, 4.69) is 44.8 Å². The van der Waals surface area contributed by atoms with Crippen molar-refractivity contribution in [3.63, 3.8) is 0 Å². The van der Waals surface area contributed by atoms with E-state index in [0.29, 0.717) is 0 Å². The first-order chi connectivity index (χ1) is 6.68. The number of hydrogen-bond acceptors (Lipinski definition) is 1. The zero-order valence-corrected chi connectivity index (χ0v) is 11.6. The second-order valence-corrected chi connectivity index (χ2v) is 7.39. The fourth-order valence-electron chi connectivity index (χ4n) is 2.33. The number of hydrogen-bond donors (Lipinski definition) is 0. The second kappa shape index (κ2) is 3.06. The maximum absolute atomic E-state index is 3.66. The SMILES string of the molecule is Cc1cc2c3c(Br)sc(Br)c3c1CC2. The zero-order valence-electron chi connectivity index (χ0n) is 7.66. The highest BCUT2D eigenvalue weighted by atomic mass is 79.9. The topological polar surface area (TPSA) is 0 Å². The maximum atomic E-state index is 3.66. The van der Waals surface area contributed by atoms with Crippen LogP contribution < -0.4 is 0 Å². The number of aryl methyl sites for hydroxylation is 3. The lowest BCUT2D eigenvalue weighted by atomic mass is 9.87. The quantitative estimate of drug-likeness (QED) is 0.648. The Bertz CT molecular complexity index is 540. The Morgan fingerprint density at radius 3 is 2.57 bits per heavy atom. The molecule has 2 bridgehead atoms. The molecule has 0 saturated heterocycles. The van der Waals surface area contributed by atoms with E-state index in [9.17, 15) is 0 Å². The lowest BCUT2D eigenvalue weighted by Gasteiger charge is -2.18. The van der Waals surface area contributed by atoms with Crippen LogP contribution in [0, 0.1) is 6.92 Å². The van der Waals surface area contributed by atoms with Crippen molar-refractivity contribution in [2.24, 2.45) is 0 Å². The van der Waals surface area contributed by atoms with Gasteiger partial charge >= 0.3 is 0 Å². The van der Waals surface area contributed by atoms with E-state index in [-0.39, 0.29) is 0 Å². The van der Waals surface area contributed by atoms with E-state index in [1.807, 2.05) is 0 Å². The van der Waals surface area contributed by atoms with E-state index in [0.717, 1.165) is 0 Å². The predicted octanol–water partition coefficient (Wildman–Crippen LogP) is 4.83. The molecule has 1 aromatic carbocycles. The Balaban J connectivity index is 2.61. The van der Waals surface area contributed by atoms with Crippen molar-refractivity contribution in [2.75, 3.05) is 0 Å². The molecular formula is C11H8Br2S. The molecule has 0 saturated carbocycles. The Morgan fingerprint density at radius 1 is 1.14 bits per heavy atom. The van der Waals surface area contributed by atoms with Crippen molar-refractivity contribution in [3.05, 3.63) is 30.3 Å². The van der Waals surface area contributed by atoms with Crippen LogP contribution in [0.5, 0.6) is 0 Å². The summed E-state index contributed by atoms with van der Waals surface area (Å²) in [6, 6.07) is 2.34. The minimum absolute atomic E-state index is 1.21. The van der Waals surface area contributed by atoms with Crippen molar-refractivity contribution >= 4 is 54.0 Å². The molecule has 2 aliphatic rings. The molecule has 14 heavy (non-hydrogen) atoms. The van der Waals surface area contributed by atoms with Crippen LogP contribution in [0.15, 0.2) is 13.6 Å². The molecule has 0 aliphatic heterocycles. The average Bonchev–Trinajstić information content (AvgIpc) is 2.45. The minimum atomic E-state index is 1.21. The van der Waals surface area contributed by atoms with Crippen LogP contribution in [0.1, 0.15) is 16.7 Å². The van der Waals surface area contributed by atoms with Gasteiger partial charge in [0.2, 0.25) is 0 Å². The molecule has 1 heterocycles. The van der Waals surface area contributed by atoms with Gasteiger partial charge in [0.1, 0.15) is 0 Å². The van der Waals surface area contributed by atoms with Gasteiger partial charge in [-0.15, -0.1) is 11.3 Å². The average molecular weight is 332 g/mol. The minimum Gasteiger partial charge on any atom is -0.120 e. The van der Waals surface area contributed by atoms with Gasteiger partial charge in [-0.1, -0.05) is 6.07 Å². The van der Waals surface area contributed by atoms with Crippen LogP contribution in [0.3, 0.4) is 0 Å². The molecule has 0 unspecified atom stereocenters. The molecule has 0 spiro atoms. The van der Waals surface area contributed by atoms with Crippen molar-refractivity contribution in [2.45, 2.75) is 19.8 Å². The van der Waals surface area contributed by atoms with Gasteiger partial charge in [-0.3, -0.25) is 0 Å². The fourth-order valence-corrected chi connectivity index (χ4v) is 5.66. The van der Waals surface area contributed by atoms with Crippen molar-refractivity contribution in [1.29, 1.82) is 0 Å². The highest BCUT2D eigenvalue weighted by molar-refractivity contribution is 9.12. The van der Waals surface area contributed by atoms with Gasteiger partial charge in [-0.05, 0) is 68.3 Å². The van der Waals surface area contributed by atoms with Gasteiger partial charge in [0, 0.05) is 10.8 Å². The number of halogens is 2. The summed E-state index contributed by atoms with van der Waals surface area (Å²) >= 11 is 9.10. The molecule has 72 valence electrons. The van der Waals surface area contributed by atoms with Crippen LogP contribution in [-0.2, 0) is 12.8 Å². The van der Waals surface area contributed by atoms with Crippen LogP contribution in [0.4, 0.5) is 0 Å². The first kappa shape index (κ1) is 9.37. The predicted molar refractivity (Wildman–Crippen MR) is 69.4 cm³/mol. The largest absolute Gasteiger partial charge is 0.120 e. The van der Waals surface area contributed by atoms with Gasteiger partial charge in [-0.25, -0.2) is 0 Å². The highest BCUT2D eigenvalue weighted by Crippen LogP contribution is 2.46. The summed E-state index contributed by atoms with van der Waals surface area (Å²) in [6.07, 6.45) is 2.42. The second-order valence-electron chi connectivity index (χ2n) is 3.73. The third kappa shape index (κ3) is 1.09. The summed E-state index contributed by atoms with van der Waals surface area (Å²) in [5.41, 5.74) is 4.48. The van der Waals surface area contributed by atoms with Crippen LogP contribution in [0.2, 0.25) is 0 Å². The maximum Gasteiger partial charge on any atom is 0.0792 e. The van der Waals surface area contributed by atoms with Crippen molar-refractivity contribution in [3.8, 4) is 0 Å². The van der Waals surface area contributed by atoms with E-state index < -0.39 is 0 Å². The molecule has 0 fully saturated rings. The van der Waals surface area contributed by atoms with Gasteiger partial charge in [0.15, 0.2) is 0 Å². The summed E-state index contributed by atoms with van der Waals surface area (Å²) in [7, 11) is 0. The molecule has 4 rings (SSSR count). The van der Waals surface area contributed by atoms with Gasteiger partial charge < -0.3 is 0 Å². The standard InChI is InChI=1S/C11H8Br2S/c1-5-4-6-2-3-7(5)9-8(6)10(12)14-11(9)13/h4H,2-3H2,1H3. The fraction of sp³-hybridized carbons (Fsp3) is 0.273. The summed E-state index contributed by atoms with van der Waals surface area (Å²) in [5.74, 6) is 0. The van der Waals surface area contributed by atoms with Gasteiger partial charge in [0.25, 0.3) is 0 Å². The molecule has 2 aromatic rings. The van der Waals surface area contributed by atoms with Crippen LogP contribution in [-0.4, -0.2) is 0 Å². The monoisotopic (exact) mass is 330 g/mol. The molecule has 0 N–H and O–H groups in total. The lowest BCUT2D eigenvalue weighted by Crippen LogP contribution is -2.04. The highest BCUT2D eigenvalue weighted by Gasteiger charge is 2.21. The summed E-state index contributed by atoms with van der Waals surface area (Å²) in [6.45, 7) is 2.22. The van der Waals surface area contributed by atoms with Gasteiger partial charge in [-0.2, -0.15) is 0 Å². The third-order valence-corrected chi connectivity index (χ3v) is 5.49. The molecule has 0 nitrogen and oxygen atoms in total. The Kier molecular flexibility index (Phi) is 2.05. The van der Waals surface area contributed by atoms with E-state index in [1.165, 1.54) is 47.9 Å². The van der Waals surface area contributed by atoms with Crippen LogP contribution in [0.25, 0.3) is 10.8 Å². The van der Waals surface area contributed by atoms with Crippen LogP contribution >= 0.6 is 43.2 Å². The van der Waals surface area contributed by atoms with Crippen molar-refractivity contribution in [1.82, 2.24) is 0 Å². The molecule has 0 amide bonds. The third-order valence-electron chi connectivity index (χ3n) is 2.96. The summed E-state index contributed by atoms with van der Waals surface area (Å²) in [5, 5.41) is 2.89. The first-order valence-corrected chi connectivity index (χ1v) is 6.97. The van der Waals surface area contributed by atoms with Gasteiger partial charge in [0.05, 0.1) is 7.57 Å². The van der Waals surface area contributed by atoms with Crippen molar-refractivity contribution < 1.29 is 0 Å². The lowest BCUT2D eigenvalue weighted by molar-refractivity contribution is 0.930. The smallest absolute Gasteiger partial charge is 0.0792 e. The Labute approximate surface area is 104 Å². The van der Waals surface area contributed by atoms with E-state index in [1.54, 1.807) is 11.3 Å². The molecule has 0 radical (unpaired) electrons. The normalized spacial score (nSPS) is 14.2. The molecular weight excluding hydrogens is 324 g/mol. The number of benzene rings is 1. The Hall–Kier alpha value is 0.140. The van der Waals surface area contributed by atoms with E-state index in [4.69, 9.17) is 0 Å².